The summed E-state index contributed by atoms with van der Waals surface area (Å²) in [6.45, 7) is 0. The molecule has 1 aromatic carbocycles. The predicted octanol–water partition coefficient (Wildman–Crippen LogP) is 2.83. The number of anilines is 1. The number of amides is 1. The van der Waals surface area contributed by atoms with Crippen molar-refractivity contribution in [1.29, 1.82) is 5.26 Å². The fraction of sp³-hybridized carbons (Fsp3) is 0.385. The zero-order valence-electron chi connectivity index (χ0n) is 9.37. The molecule has 0 atom stereocenters. The summed E-state index contributed by atoms with van der Waals surface area (Å²) in [6, 6.07) is 5.76. The number of hydrogen-bond donors (Lipinski definition) is 1. The third-order valence-corrected chi connectivity index (χ3v) is 3.07. The highest BCUT2D eigenvalue weighted by atomic mass is 19.1. The first-order chi connectivity index (χ1) is 8.19. The van der Waals surface area contributed by atoms with E-state index in [-0.39, 0.29) is 11.5 Å². The monoisotopic (exact) mass is 232 g/mol. The lowest BCUT2D eigenvalue weighted by molar-refractivity contribution is -0.117. The molecule has 0 radical (unpaired) electrons. The second kappa shape index (κ2) is 4.96. The minimum absolute atomic E-state index is 0.0496. The average Bonchev–Trinajstić information content (AvgIpc) is 2.26. The number of nitrogens with one attached hydrogen (secondary N) is 1. The average molecular weight is 232 g/mol. The lowest BCUT2D eigenvalue weighted by Crippen LogP contribution is -2.20. The largest absolute Gasteiger partial charge is 0.326 e. The highest BCUT2D eigenvalue weighted by Crippen LogP contribution is 2.29. The van der Waals surface area contributed by atoms with Gasteiger partial charge in [0.25, 0.3) is 0 Å². The van der Waals surface area contributed by atoms with Crippen LogP contribution in [0.3, 0.4) is 0 Å². The van der Waals surface area contributed by atoms with Gasteiger partial charge in [0.15, 0.2) is 0 Å². The molecule has 1 N–H and O–H groups in total. The molecule has 1 aliphatic carbocycles. The molecule has 1 amide bonds. The zero-order valence-corrected chi connectivity index (χ0v) is 9.37. The van der Waals surface area contributed by atoms with Gasteiger partial charge >= 0.3 is 0 Å². The molecule has 0 unspecified atom stereocenters. The van der Waals surface area contributed by atoms with Gasteiger partial charge in [-0.15, -0.1) is 0 Å². The minimum atomic E-state index is -0.565. The fourth-order valence-electron chi connectivity index (χ4n) is 1.86. The van der Waals surface area contributed by atoms with Gasteiger partial charge < -0.3 is 5.32 Å². The van der Waals surface area contributed by atoms with Crippen molar-refractivity contribution in [3.63, 3.8) is 0 Å². The summed E-state index contributed by atoms with van der Waals surface area (Å²) in [6.07, 6.45) is 3.94. The van der Waals surface area contributed by atoms with Crippen molar-refractivity contribution < 1.29 is 9.18 Å². The first-order valence-electron chi connectivity index (χ1n) is 5.68. The molecule has 17 heavy (non-hydrogen) atoms. The summed E-state index contributed by atoms with van der Waals surface area (Å²) < 4.78 is 13.0. The van der Waals surface area contributed by atoms with Gasteiger partial charge in [0.05, 0.1) is 5.56 Å². The van der Waals surface area contributed by atoms with Crippen LogP contribution in [-0.4, -0.2) is 5.91 Å². The Hall–Kier alpha value is -1.89. The van der Waals surface area contributed by atoms with E-state index in [1.807, 2.05) is 0 Å². The number of rotatable bonds is 3. The molecule has 1 fully saturated rings. The van der Waals surface area contributed by atoms with Crippen LogP contribution in [-0.2, 0) is 4.79 Å². The van der Waals surface area contributed by atoms with Crippen molar-refractivity contribution in [3.05, 3.63) is 29.6 Å². The van der Waals surface area contributed by atoms with Crippen molar-refractivity contribution in [2.24, 2.45) is 5.92 Å². The molecule has 0 spiro atoms. The van der Waals surface area contributed by atoms with Gasteiger partial charge in [-0.1, -0.05) is 6.42 Å². The second-order valence-electron chi connectivity index (χ2n) is 4.36. The van der Waals surface area contributed by atoms with Gasteiger partial charge in [0.1, 0.15) is 11.9 Å². The van der Waals surface area contributed by atoms with E-state index in [1.54, 1.807) is 6.07 Å². The Bertz CT molecular complexity index is 475. The van der Waals surface area contributed by atoms with Crippen LogP contribution in [0.5, 0.6) is 0 Å². The maximum Gasteiger partial charge on any atom is 0.224 e. The van der Waals surface area contributed by atoms with Gasteiger partial charge in [-0.3, -0.25) is 4.79 Å². The van der Waals surface area contributed by atoms with Gasteiger partial charge in [-0.05, 0) is 37.0 Å². The Balaban J connectivity index is 1.98. The molecule has 0 aromatic heterocycles. The van der Waals surface area contributed by atoms with E-state index in [0.717, 1.165) is 12.8 Å². The van der Waals surface area contributed by atoms with Crippen LogP contribution in [0, 0.1) is 23.1 Å². The third-order valence-electron chi connectivity index (χ3n) is 3.07. The summed E-state index contributed by atoms with van der Waals surface area (Å²) in [5.74, 6) is -0.138. The number of nitrogens with zero attached hydrogens (tertiary/aromatic N) is 1. The molecule has 1 saturated carbocycles. The maximum atomic E-state index is 13.0. The van der Waals surface area contributed by atoms with Crippen LogP contribution >= 0.6 is 0 Å². The fourth-order valence-corrected chi connectivity index (χ4v) is 1.86. The number of carbonyl (C=O) groups excluding carboxylic acids is 1. The molecule has 1 aromatic rings. The van der Waals surface area contributed by atoms with E-state index in [1.165, 1.54) is 24.6 Å². The van der Waals surface area contributed by atoms with E-state index in [4.69, 9.17) is 5.26 Å². The topological polar surface area (TPSA) is 52.9 Å². The number of halogens is 1. The zero-order chi connectivity index (χ0) is 12.3. The highest BCUT2D eigenvalue weighted by Gasteiger charge is 2.20. The molecular formula is C13H13FN2O. The van der Waals surface area contributed by atoms with Crippen molar-refractivity contribution in [3.8, 4) is 6.07 Å². The first kappa shape index (κ1) is 11.6. The number of nitriles is 1. The third kappa shape index (κ3) is 2.82. The first-order valence-corrected chi connectivity index (χ1v) is 5.68. The van der Waals surface area contributed by atoms with Gasteiger partial charge in [0.2, 0.25) is 5.91 Å². The van der Waals surface area contributed by atoms with Crippen LogP contribution in [0.4, 0.5) is 10.1 Å². The van der Waals surface area contributed by atoms with Crippen LogP contribution in [0.15, 0.2) is 18.2 Å². The summed E-state index contributed by atoms with van der Waals surface area (Å²) in [7, 11) is 0. The quantitative estimate of drug-likeness (QED) is 0.871. The van der Waals surface area contributed by atoms with E-state index in [0.29, 0.717) is 18.0 Å². The Kier molecular flexibility index (Phi) is 3.38. The molecule has 4 heteroatoms. The van der Waals surface area contributed by atoms with Crippen molar-refractivity contribution in [2.75, 3.05) is 5.32 Å². The van der Waals surface area contributed by atoms with E-state index in [9.17, 15) is 9.18 Å². The van der Waals surface area contributed by atoms with Gasteiger partial charge in [0, 0.05) is 12.1 Å². The van der Waals surface area contributed by atoms with Crippen molar-refractivity contribution in [2.45, 2.75) is 25.7 Å². The molecule has 88 valence electrons. The van der Waals surface area contributed by atoms with E-state index in [2.05, 4.69) is 5.32 Å². The standard InChI is InChI=1S/C13H13FN2O/c14-12-5-4-11(7-10(12)8-15)16-13(17)6-9-2-1-3-9/h4-5,7,9H,1-3,6H2,(H,16,17). The Morgan fingerprint density at radius 1 is 1.53 bits per heavy atom. The molecular weight excluding hydrogens is 219 g/mol. The SMILES string of the molecule is N#Cc1cc(NC(=O)CC2CCC2)ccc1F. The van der Waals surface area contributed by atoms with Crippen LogP contribution in [0.25, 0.3) is 0 Å². The molecule has 0 bridgehead atoms. The predicted molar refractivity (Wildman–Crippen MR) is 61.7 cm³/mol. The Morgan fingerprint density at radius 3 is 2.88 bits per heavy atom. The highest BCUT2D eigenvalue weighted by molar-refractivity contribution is 5.91. The summed E-state index contributed by atoms with van der Waals surface area (Å²) in [5.41, 5.74) is 0.429. The van der Waals surface area contributed by atoms with Crippen LogP contribution in [0.2, 0.25) is 0 Å². The number of benzene rings is 1. The van der Waals surface area contributed by atoms with Crippen molar-refractivity contribution >= 4 is 11.6 Å². The van der Waals surface area contributed by atoms with Crippen molar-refractivity contribution in [1.82, 2.24) is 0 Å². The number of hydrogen-bond acceptors (Lipinski definition) is 2. The van der Waals surface area contributed by atoms with Gasteiger partial charge in [-0.25, -0.2) is 4.39 Å². The molecule has 0 saturated heterocycles. The van der Waals surface area contributed by atoms with E-state index >= 15 is 0 Å². The minimum Gasteiger partial charge on any atom is -0.326 e. The molecule has 0 heterocycles. The lowest BCUT2D eigenvalue weighted by Gasteiger charge is -2.24. The van der Waals surface area contributed by atoms with E-state index < -0.39 is 5.82 Å². The molecule has 2 rings (SSSR count). The molecule has 0 aliphatic heterocycles. The molecule has 3 nitrogen and oxygen atoms in total. The summed E-state index contributed by atoms with van der Waals surface area (Å²) in [4.78, 5) is 11.6. The van der Waals surface area contributed by atoms with Crippen LogP contribution < -0.4 is 5.32 Å². The van der Waals surface area contributed by atoms with Crippen LogP contribution in [0.1, 0.15) is 31.2 Å². The maximum absolute atomic E-state index is 13.0. The second-order valence-corrected chi connectivity index (χ2v) is 4.36. The summed E-state index contributed by atoms with van der Waals surface area (Å²) in [5, 5.41) is 11.4. The number of carbonyl (C=O) groups is 1. The Morgan fingerprint density at radius 2 is 2.29 bits per heavy atom. The molecule has 1 aliphatic rings. The normalized spacial score (nSPS) is 14.8. The Labute approximate surface area is 99.2 Å². The smallest absolute Gasteiger partial charge is 0.224 e. The van der Waals surface area contributed by atoms with Gasteiger partial charge in [-0.2, -0.15) is 5.26 Å². The lowest BCUT2D eigenvalue weighted by atomic mass is 9.83. The summed E-state index contributed by atoms with van der Waals surface area (Å²) >= 11 is 0.